The molecular formula is C12H18O2S. The molecule has 0 bridgehead atoms. The smallest absolute Gasteiger partial charge is 0.119 e. The monoisotopic (exact) mass is 226 g/mol. The Bertz CT molecular complexity index is 271. The van der Waals surface area contributed by atoms with E-state index in [4.69, 9.17) is 4.74 Å². The van der Waals surface area contributed by atoms with Crippen LogP contribution in [0, 0.1) is 6.92 Å². The summed E-state index contributed by atoms with van der Waals surface area (Å²) in [7, 11) is 0. The first-order valence-corrected chi connectivity index (χ1v) is 6.33. The molecule has 1 aromatic rings. The van der Waals surface area contributed by atoms with E-state index in [2.05, 4.69) is 6.92 Å². The predicted octanol–water partition coefficient (Wildman–Crippen LogP) is 2.49. The number of aliphatic hydroxyl groups excluding tert-OH is 1. The predicted molar refractivity (Wildman–Crippen MR) is 65.7 cm³/mol. The van der Waals surface area contributed by atoms with Gasteiger partial charge in [0.1, 0.15) is 12.4 Å². The van der Waals surface area contributed by atoms with Gasteiger partial charge in [0, 0.05) is 5.75 Å². The van der Waals surface area contributed by atoms with Gasteiger partial charge in [-0.25, -0.2) is 0 Å². The number of aryl methyl sites for hydroxylation is 1. The highest BCUT2D eigenvalue weighted by Crippen LogP contribution is 2.12. The lowest BCUT2D eigenvalue weighted by molar-refractivity contribution is 0.126. The summed E-state index contributed by atoms with van der Waals surface area (Å²) in [5.41, 5.74) is 1.21. The molecule has 84 valence electrons. The van der Waals surface area contributed by atoms with Crippen LogP contribution in [0.2, 0.25) is 0 Å². The van der Waals surface area contributed by atoms with Gasteiger partial charge in [0.15, 0.2) is 0 Å². The topological polar surface area (TPSA) is 29.5 Å². The minimum Gasteiger partial charge on any atom is -0.491 e. The second-order valence-corrected chi connectivity index (χ2v) is 4.76. The average molecular weight is 226 g/mol. The molecule has 0 aliphatic rings. The molecule has 1 aromatic carbocycles. The average Bonchev–Trinajstić information content (AvgIpc) is 2.25. The van der Waals surface area contributed by atoms with Crippen molar-refractivity contribution in [1.82, 2.24) is 0 Å². The Morgan fingerprint density at radius 2 is 2.00 bits per heavy atom. The summed E-state index contributed by atoms with van der Waals surface area (Å²) in [4.78, 5) is 0. The van der Waals surface area contributed by atoms with Gasteiger partial charge in [0.05, 0.1) is 6.10 Å². The van der Waals surface area contributed by atoms with E-state index in [0.717, 1.165) is 17.3 Å². The lowest BCUT2D eigenvalue weighted by Gasteiger charge is -2.11. The van der Waals surface area contributed by atoms with E-state index in [1.807, 2.05) is 31.2 Å². The fraction of sp³-hybridized carbons (Fsp3) is 0.500. The summed E-state index contributed by atoms with van der Waals surface area (Å²) in [6.07, 6.45) is -0.378. The molecule has 0 aromatic heterocycles. The van der Waals surface area contributed by atoms with Crippen molar-refractivity contribution in [2.75, 3.05) is 18.1 Å². The van der Waals surface area contributed by atoms with Crippen molar-refractivity contribution in [3.05, 3.63) is 29.8 Å². The van der Waals surface area contributed by atoms with Crippen LogP contribution in [0.25, 0.3) is 0 Å². The SMILES string of the molecule is CCSC[C@H](O)COc1ccc(C)cc1. The third kappa shape index (κ3) is 5.09. The number of hydrogen-bond donors (Lipinski definition) is 1. The van der Waals surface area contributed by atoms with E-state index in [0.29, 0.717) is 6.61 Å². The molecule has 0 amide bonds. The number of rotatable bonds is 6. The van der Waals surface area contributed by atoms with Gasteiger partial charge in [-0.1, -0.05) is 24.6 Å². The Morgan fingerprint density at radius 3 is 2.60 bits per heavy atom. The van der Waals surface area contributed by atoms with Gasteiger partial charge >= 0.3 is 0 Å². The van der Waals surface area contributed by atoms with Crippen LogP contribution in [0.5, 0.6) is 5.75 Å². The van der Waals surface area contributed by atoms with E-state index in [9.17, 15) is 5.11 Å². The van der Waals surface area contributed by atoms with Gasteiger partial charge < -0.3 is 9.84 Å². The van der Waals surface area contributed by atoms with E-state index >= 15 is 0 Å². The largest absolute Gasteiger partial charge is 0.491 e. The molecule has 0 saturated heterocycles. The van der Waals surface area contributed by atoms with Crippen LogP contribution in [0.15, 0.2) is 24.3 Å². The van der Waals surface area contributed by atoms with Crippen LogP contribution in [-0.4, -0.2) is 29.3 Å². The maximum absolute atomic E-state index is 9.55. The highest BCUT2D eigenvalue weighted by atomic mass is 32.2. The van der Waals surface area contributed by atoms with Gasteiger partial charge in [0.2, 0.25) is 0 Å². The van der Waals surface area contributed by atoms with Crippen molar-refractivity contribution >= 4 is 11.8 Å². The third-order valence-electron chi connectivity index (χ3n) is 1.98. The molecule has 3 heteroatoms. The van der Waals surface area contributed by atoms with Crippen LogP contribution in [0.1, 0.15) is 12.5 Å². The Morgan fingerprint density at radius 1 is 1.33 bits per heavy atom. The number of thioether (sulfide) groups is 1. The van der Waals surface area contributed by atoms with Crippen molar-refractivity contribution < 1.29 is 9.84 Å². The zero-order chi connectivity index (χ0) is 11.1. The van der Waals surface area contributed by atoms with Crippen LogP contribution in [0.3, 0.4) is 0 Å². The summed E-state index contributed by atoms with van der Waals surface area (Å²) in [6, 6.07) is 7.86. The maximum Gasteiger partial charge on any atom is 0.119 e. The molecule has 0 unspecified atom stereocenters. The van der Waals surface area contributed by atoms with E-state index < -0.39 is 0 Å². The Kier molecular flexibility index (Phi) is 5.58. The standard InChI is InChI=1S/C12H18O2S/c1-3-15-9-11(13)8-14-12-6-4-10(2)5-7-12/h4-7,11,13H,3,8-9H2,1-2H3/t11-/m1/s1. The lowest BCUT2D eigenvalue weighted by Crippen LogP contribution is -2.20. The second kappa shape index (κ2) is 6.75. The van der Waals surface area contributed by atoms with Gasteiger partial charge in [-0.05, 0) is 24.8 Å². The highest BCUT2D eigenvalue weighted by Gasteiger charge is 2.04. The van der Waals surface area contributed by atoms with Crippen molar-refractivity contribution in [3.63, 3.8) is 0 Å². The minimum atomic E-state index is -0.378. The first-order chi connectivity index (χ1) is 7.22. The summed E-state index contributed by atoms with van der Waals surface area (Å²) in [5.74, 6) is 2.59. The highest BCUT2D eigenvalue weighted by molar-refractivity contribution is 7.99. The molecule has 2 nitrogen and oxygen atoms in total. The normalized spacial score (nSPS) is 12.5. The van der Waals surface area contributed by atoms with Crippen LogP contribution in [-0.2, 0) is 0 Å². The number of benzene rings is 1. The van der Waals surface area contributed by atoms with Crippen LogP contribution in [0.4, 0.5) is 0 Å². The third-order valence-corrected chi connectivity index (χ3v) is 3.01. The molecule has 0 radical (unpaired) electrons. The molecule has 0 fully saturated rings. The summed E-state index contributed by atoms with van der Waals surface area (Å²) in [5, 5.41) is 9.55. The lowest BCUT2D eigenvalue weighted by atomic mass is 10.2. The van der Waals surface area contributed by atoms with Gasteiger partial charge in [-0.3, -0.25) is 0 Å². The molecule has 0 heterocycles. The number of aliphatic hydroxyl groups is 1. The number of ether oxygens (including phenoxy) is 1. The van der Waals surface area contributed by atoms with Crippen LogP contribution >= 0.6 is 11.8 Å². The van der Waals surface area contributed by atoms with Crippen molar-refractivity contribution in [3.8, 4) is 5.75 Å². The maximum atomic E-state index is 9.55. The molecule has 1 N–H and O–H groups in total. The van der Waals surface area contributed by atoms with Gasteiger partial charge in [-0.2, -0.15) is 11.8 Å². The first-order valence-electron chi connectivity index (χ1n) is 5.17. The minimum absolute atomic E-state index is 0.371. The van der Waals surface area contributed by atoms with Gasteiger partial charge in [-0.15, -0.1) is 0 Å². The summed E-state index contributed by atoms with van der Waals surface area (Å²) < 4.78 is 5.46. The Labute approximate surface area is 95.7 Å². The summed E-state index contributed by atoms with van der Waals surface area (Å²) >= 11 is 1.72. The second-order valence-electron chi connectivity index (χ2n) is 3.44. The van der Waals surface area contributed by atoms with Crippen molar-refractivity contribution in [2.24, 2.45) is 0 Å². The Hall–Kier alpha value is -0.670. The molecule has 0 aliphatic carbocycles. The molecule has 0 spiro atoms. The van der Waals surface area contributed by atoms with Gasteiger partial charge in [0.25, 0.3) is 0 Å². The molecule has 0 saturated carbocycles. The van der Waals surface area contributed by atoms with E-state index in [1.54, 1.807) is 11.8 Å². The van der Waals surface area contributed by atoms with Crippen LogP contribution < -0.4 is 4.74 Å². The fourth-order valence-corrected chi connectivity index (χ4v) is 1.73. The molecule has 15 heavy (non-hydrogen) atoms. The summed E-state index contributed by atoms with van der Waals surface area (Å²) in [6.45, 7) is 4.49. The molecular weight excluding hydrogens is 208 g/mol. The first kappa shape index (κ1) is 12.4. The zero-order valence-electron chi connectivity index (χ0n) is 9.27. The molecule has 1 rings (SSSR count). The number of hydrogen-bond acceptors (Lipinski definition) is 3. The fourth-order valence-electron chi connectivity index (χ4n) is 1.13. The molecule has 0 aliphatic heterocycles. The van der Waals surface area contributed by atoms with Crippen molar-refractivity contribution in [2.45, 2.75) is 20.0 Å². The van der Waals surface area contributed by atoms with E-state index in [1.165, 1.54) is 5.56 Å². The quantitative estimate of drug-likeness (QED) is 0.808. The van der Waals surface area contributed by atoms with Crippen molar-refractivity contribution in [1.29, 1.82) is 0 Å². The molecule has 1 atom stereocenters. The zero-order valence-corrected chi connectivity index (χ0v) is 10.1. The van der Waals surface area contributed by atoms with E-state index in [-0.39, 0.29) is 6.10 Å². The Balaban J connectivity index is 2.27.